The molecule has 0 atom stereocenters. The Morgan fingerprint density at radius 2 is 1.78 bits per heavy atom. The summed E-state index contributed by atoms with van der Waals surface area (Å²) in [5, 5.41) is 8.17. The van der Waals surface area contributed by atoms with E-state index in [9.17, 15) is 9.59 Å². The van der Waals surface area contributed by atoms with Crippen LogP contribution in [0.3, 0.4) is 0 Å². The van der Waals surface area contributed by atoms with Gasteiger partial charge in [-0.3, -0.25) is 9.59 Å². The number of aryl methyl sites for hydroxylation is 2. The van der Waals surface area contributed by atoms with Crippen LogP contribution in [0.2, 0.25) is 0 Å². The number of carbonyl (C=O) groups excluding carboxylic acids is 1. The minimum atomic E-state index is -0.275. The molecule has 1 aromatic heterocycles. The quantitative estimate of drug-likeness (QED) is 0.730. The molecule has 0 aliphatic heterocycles. The van der Waals surface area contributed by atoms with Crippen molar-refractivity contribution in [3.8, 4) is 0 Å². The number of likely N-dealkylation sites (N-methyl/N-ethyl adjacent to an activating group) is 1. The van der Waals surface area contributed by atoms with E-state index in [0.29, 0.717) is 23.9 Å². The average Bonchev–Trinajstić information content (AvgIpc) is 2.68. The molecule has 0 saturated carbocycles. The lowest BCUT2D eigenvalue weighted by molar-refractivity contribution is 0.0949. The molecule has 0 spiro atoms. The Kier molecular flexibility index (Phi) is 5.54. The lowest BCUT2D eigenvalue weighted by atomic mass is 10.1. The van der Waals surface area contributed by atoms with Crippen molar-refractivity contribution < 1.29 is 4.79 Å². The van der Waals surface area contributed by atoms with Gasteiger partial charge in [0.15, 0.2) is 5.69 Å². The fourth-order valence-corrected chi connectivity index (χ4v) is 3.22. The summed E-state index contributed by atoms with van der Waals surface area (Å²) in [4.78, 5) is 27.1. The van der Waals surface area contributed by atoms with Crippen LogP contribution in [0.5, 0.6) is 0 Å². The second kappa shape index (κ2) is 8.03. The zero-order valence-electron chi connectivity index (χ0n) is 15.9. The van der Waals surface area contributed by atoms with Crippen molar-refractivity contribution in [3.63, 3.8) is 0 Å². The Balaban J connectivity index is 1.75. The number of nitrogens with one attached hydrogen (secondary N) is 1. The molecule has 1 N–H and O–H groups in total. The number of nitrogens with zero attached hydrogens (tertiary/aromatic N) is 3. The fourth-order valence-electron chi connectivity index (χ4n) is 3.22. The number of carbonyl (C=O) groups is 1. The number of amides is 1. The number of rotatable bonds is 6. The Bertz CT molecular complexity index is 1030. The van der Waals surface area contributed by atoms with Gasteiger partial charge in [-0.05, 0) is 31.5 Å². The third-order valence-electron chi connectivity index (χ3n) is 4.68. The summed E-state index contributed by atoms with van der Waals surface area (Å²) in [5.74, 6) is -0.275. The van der Waals surface area contributed by atoms with Gasteiger partial charge in [0.25, 0.3) is 11.5 Å². The molecule has 1 amide bonds. The Morgan fingerprint density at radius 3 is 2.48 bits per heavy atom. The van der Waals surface area contributed by atoms with Crippen LogP contribution in [0.25, 0.3) is 10.8 Å². The van der Waals surface area contributed by atoms with Crippen molar-refractivity contribution in [3.05, 3.63) is 70.1 Å². The summed E-state index contributed by atoms with van der Waals surface area (Å²) in [6.45, 7) is 6.20. The molecule has 140 valence electrons. The lowest BCUT2D eigenvalue weighted by Gasteiger charge is -2.25. The maximum absolute atomic E-state index is 12.7. The molecular formula is C21H24N4O2. The Hall–Kier alpha value is -3.15. The number of hydrogen-bond acceptors (Lipinski definition) is 4. The first-order chi connectivity index (χ1) is 13.0. The molecule has 6 nitrogen and oxygen atoms in total. The SMILES string of the molecule is CCN(CCNC(=O)c1nn(C)c(=O)c2ccccc12)c1ccccc1C. The summed E-state index contributed by atoms with van der Waals surface area (Å²) in [6, 6.07) is 15.3. The molecule has 0 bridgehead atoms. The van der Waals surface area contributed by atoms with Crippen LogP contribution in [0.4, 0.5) is 5.69 Å². The summed E-state index contributed by atoms with van der Waals surface area (Å²) < 4.78 is 1.21. The number of aromatic nitrogens is 2. The Labute approximate surface area is 158 Å². The zero-order valence-corrected chi connectivity index (χ0v) is 15.9. The highest BCUT2D eigenvalue weighted by molar-refractivity contribution is 6.04. The van der Waals surface area contributed by atoms with Gasteiger partial charge in [0, 0.05) is 37.8 Å². The van der Waals surface area contributed by atoms with Crippen LogP contribution < -0.4 is 15.8 Å². The fraction of sp³-hybridized carbons (Fsp3) is 0.286. The molecule has 2 aromatic carbocycles. The van der Waals surface area contributed by atoms with E-state index in [1.807, 2.05) is 12.1 Å². The van der Waals surface area contributed by atoms with Crippen LogP contribution in [0, 0.1) is 6.92 Å². The van der Waals surface area contributed by atoms with Gasteiger partial charge in [-0.1, -0.05) is 36.4 Å². The van der Waals surface area contributed by atoms with Crippen molar-refractivity contribution in [2.45, 2.75) is 13.8 Å². The first-order valence-electron chi connectivity index (χ1n) is 9.07. The van der Waals surface area contributed by atoms with Crippen LogP contribution in [0.15, 0.2) is 53.3 Å². The third kappa shape index (κ3) is 3.84. The predicted octanol–water partition coefficient (Wildman–Crippen LogP) is 2.50. The predicted molar refractivity (Wildman–Crippen MR) is 108 cm³/mol. The van der Waals surface area contributed by atoms with E-state index < -0.39 is 0 Å². The van der Waals surface area contributed by atoms with Crippen molar-refractivity contribution >= 4 is 22.4 Å². The monoisotopic (exact) mass is 364 g/mol. The molecule has 0 radical (unpaired) electrons. The second-order valence-electron chi connectivity index (χ2n) is 6.45. The maximum Gasteiger partial charge on any atom is 0.274 e. The Morgan fingerprint density at radius 1 is 1.11 bits per heavy atom. The van der Waals surface area contributed by atoms with Gasteiger partial charge in [0.05, 0.1) is 5.39 Å². The molecule has 1 heterocycles. The van der Waals surface area contributed by atoms with E-state index in [1.165, 1.54) is 15.9 Å². The van der Waals surface area contributed by atoms with E-state index in [1.54, 1.807) is 31.3 Å². The van der Waals surface area contributed by atoms with Crippen LogP contribution in [-0.2, 0) is 7.05 Å². The number of hydrogen-bond donors (Lipinski definition) is 1. The molecule has 27 heavy (non-hydrogen) atoms. The summed E-state index contributed by atoms with van der Waals surface area (Å²) in [7, 11) is 1.56. The average molecular weight is 364 g/mol. The van der Waals surface area contributed by atoms with Gasteiger partial charge in [-0.2, -0.15) is 5.10 Å². The van der Waals surface area contributed by atoms with Crippen molar-refractivity contribution in [1.29, 1.82) is 0 Å². The second-order valence-corrected chi connectivity index (χ2v) is 6.45. The van der Waals surface area contributed by atoms with E-state index in [0.717, 1.165) is 6.54 Å². The first kappa shape index (κ1) is 18.6. The van der Waals surface area contributed by atoms with Gasteiger partial charge in [0.1, 0.15) is 0 Å². The molecule has 0 aliphatic carbocycles. The third-order valence-corrected chi connectivity index (χ3v) is 4.68. The largest absolute Gasteiger partial charge is 0.370 e. The lowest BCUT2D eigenvalue weighted by Crippen LogP contribution is -2.36. The van der Waals surface area contributed by atoms with Crippen molar-refractivity contribution in [2.24, 2.45) is 7.05 Å². The molecule has 0 saturated heterocycles. The smallest absolute Gasteiger partial charge is 0.274 e. The van der Waals surface area contributed by atoms with Crippen LogP contribution in [-0.4, -0.2) is 35.3 Å². The van der Waals surface area contributed by atoms with E-state index in [4.69, 9.17) is 0 Å². The van der Waals surface area contributed by atoms with Gasteiger partial charge < -0.3 is 10.2 Å². The summed E-state index contributed by atoms with van der Waals surface area (Å²) in [5.41, 5.74) is 2.43. The van der Waals surface area contributed by atoms with Gasteiger partial charge in [-0.25, -0.2) is 4.68 Å². The van der Waals surface area contributed by atoms with Gasteiger partial charge in [-0.15, -0.1) is 0 Å². The molecule has 0 aliphatic rings. The highest BCUT2D eigenvalue weighted by Crippen LogP contribution is 2.18. The summed E-state index contributed by atoms with van der Waals surface area (Å²) >= 11 is 0. The van der Waals surface area contributed by atoms with E-state index >= 15 is 0 Å². The van der Waals surface area contributed by atoms with E-state index in [2.05, 4.69) is 41.3 Å². The number of anilines is 1. The minimum Gasteiger partial charge on any atom is -0.370 e. The van der Waals surface area contributed by atoms with Gasteiger partial charge >= 0.3 is 0 Å². The van der Waals surface area contributed by atoms with Gasteiger partial charge in [0.2, 0.25) is 0 Å². The maximum atomic E-state index is 12.7. The standard InChI is InChI=1S/C21H24N4O2/c1-4-25(18-12-8-5-9-15(18)2)14-13-22-20(26)19-16-10-6-7-11-17(16)21(27)24(3)23-19/h5-12H,4,13-14H2,1-3H3,(H,22,26). The number of benzene rings is 2. The number of fused-ring (bicyclic) bond motifs is 1. The van der Waals surface area contributed by atoms with Crippen LogP contribution in [0.1, 0.15) is 23.0 Å². The molecule has 3 aromatic rings. The van der Waals surface area contributed by atoms with Crippen molar-refractivity contribution in [2.75, 3.05) is 24.5 Å². The minimum absolute atomic E-state index is 0.209. The number of para-hydroxylation sites is 1. The summed E-state index contributed by atoms with van der Waals surface area (Å²) in [6.07, 6.45) is 0. The molecular weight excluding hydrogens is 340 g/mol. The molecule has 0 fully saturated rings. The normalized spacial score (nSPS) is 10.8. The zero-order chi connectivity index (χ0) is 19.4. The highest BCUT2D eigenvalue weighted by Gasteiger charge is 2.15. The van der Waals surface area contributed by atoms with E-state index in [-0.39, 0.29) is 17.2 Å². The first-order valence-corrected chi connectivity index (χ1v) is 9.07. The van der Waals surface area contributed by atoms with Crippen LogP contribution >= 0.6 is 0 Å². The molecule has 0 unspecified atom stereocenters. The molecule has 3 rings (SSSR count). The highest BCUT2D eigenvalue weighted by atomic mass is 16.2. The topological polar surface area (TPSA) is 67.2 Å². The molecule has 6 heteroatoms. The van der Waals surface area contributed by atoms with Crippen molar-refractivity contribution in [1.82, 2.24) is 15.1 Å².